The summed E-state index contributed by atoms with van der Waals surface area (Å²) in [5.41, 5.74) is 2.79. The number of hydrogen-bond donors (Lipinski definition) is 0. The van der Waals surface area contributed by atoms with Crippen molar-refractivity contribution >= 4 is 28.1 Å². The molecule has 0 atom stereocenters. The van der Waals surface area contributed by atoms with Crippen LogP contribution in [0, 0.1) is 0 Å². The minimum absolute atomic E-state index is 0.604. The van der Waals surface area contributed by atoms with E-state index in [0.29, 0.717) is 5.88 Å². The van der Waals surface area contributed by atoms with Gasteiger partial charge in [-0.3, -0.25) is 0 Å². The van der Waals surface area contributed by atoms with Crippen molar-refractivity contribution in [2.75, 3.05) is 43.1 Å². The molecular formula is C18H18N8O. The summed E-state index contributed by atoms with van der Waals surface area (Å²) in [4.78, 5) is 13.2. The summed E-state index contributed by atoms with van der Waals surface area (Å²) in [5, 5.41) is 13.4. The Morgan fingerprint density at radius 2 is 1.81 bits per heavy atom. The van der Waals surface area contributed by atoms with Crippen molar-refractivity contribution in [3.8, 4) is 5.88 Å². The monoisotopic (exact) mass is 362 g/mol. The molecule has 0 aliphatic carbocycles. The summed E-state index contributed by atoms with van der Waals surface area (Å²) in [6.45, 7) is 3.59. The number of anilines is 2. The topological polar surface area (TPSA) is 84.6 Å². The van der Waals surface area contributed by atoms with E-state index in [-0.39, 0.29) is 0 Å². The third-order valence-electron chi connectivity index (χ3n) is 4.89. The van der Waals surface area contributed by atoms with Crippen LogP contribution in [-0.2, 0) is 0 Å². The first-order valence-electron chi connectivity index (χ1n) is 8.77. The standard InChI is InChI=1S/C18H18N8O/c1-27-18-14-10-13(2-3-15(14)19-11-20-18)24-6-8-25(9-7-24)17-5-4-16-22-21-12-26(16)23-17/h2-5,10-12H,6-9H2,1H3. The summed E-state index contributed by atoms with van der Waals surface area (Å²) in [6, 6.07) is 10.2. The van der Waals surface area contributed by atoms with Gasteiger partial charge in [0.1, 0.15) is 18.5 Å². The highest BCUT2D eigenvalue weighted by Crippen LogP contribution is 2.27. The van der Waals surface area contributed by atoms with E-state index in [1.807, 2.05) is 18.2 Å². The van der Waals surface area contributed by atoms with Crippen LogP contribution in [0.4, 0.5) is 11.5 Å². The van der Waals surface area contributed by atoms with E-state index in [0.717, 1.165) is 54.2 Å². The average molecular weight is 362 g/mol. The first-order chi connectivity index (χ1) is 13.3. The number of ether oxygens (including phenoxy) is 1. The van der Waals surface area contributed by atoms with Crippen molar-refractivity contribution in [2.45, 2.75) is 0 Å². The summed E-state index contributed by atoms with van der Waals surface area (Å²) in [5.74, 6) is 1.54. The number of rotatable bonds is 3. The molecule has 27 heavy (non-hydrogen) atoms. The maximum atomic E-state index is 5.37. The molecule has 9 heteroatoms. The second kappa shape index (κ2) is 6.35. The van der Waals surface area contributed by atoms with Crippen molar-refractivity contribution in [1.29, 1.82) is 0 Å². The van der Waals surface area contributed by atoms with Gasteiger partial charge in [-0.25, -0.2) is 9.97 Å². The van der Waals surface area contributed by atoms with E-state index in [2.05, 4.69) is 47.2 Å². The van der Waals surface area contributed by atoms with Gasteiger partial charge in [0.25, 0.3) is 0 Å². The zero-order valence-corrected chi connectivity index (χ0v) is 14.9. The third-order valence-corrected chi connectivity index (χ3v) is 4.89. The third kappa shape index (κ3) is 2.77. The SMILES string of the molecule is COc1ncnc2ccc(N3CCN(c4ccc5nncn5n4)CC3)cc12. The quantitative estimate of drug-likeness (QED) is 0.541. The summed E-state index contributed by atoms with van der Waals surface area (Å²) in [7, 11) is 1.63. The highest BCUT2D eigenvalue weighted by atomic mass is 16.5. The molecule has 1 fully saturated rings. The minimum Gasteiger partial charge on any atom is -0.480 e. The molecule has 3 aromatic heterocycles. The van der Waals surface area contributed by atoms with Crippen molar-refractivity contribution in [3.05, 3.63) is 43.0 Å². The fourth-order valence-corrected chi connectivity index (χ4v) is 3.46. The van der Waals surface area contributed by atoms with E-state index >= 15 is 0 Å². The van der Waals surface area contributed by atoms with E-state index in [1.54, 1.807) is 18.0 Å². The molecule has 4 aromatic rings. The maximum Gasteiger partial charge on any atom is 0.224 e. The molecule has 1 saturated heterocycles. The Balaban J connectivity index is 1.36. The highest BCUT2D eigenvalue weighted by molar-refractivity contribution is 5.86. The van der Waals surface area contributed by atoms with E-state index in [1.165, 1.54) is 6.33 Å². The molecular weight excluding hydrogens is 344 g/mol. The molecule has 136 valence electrons. The van der Waals surface area contributed by atoms with Gasteiger partial charge in [0.15, 0.2) is 5.65 Å². The molecule has 1 aliphatic rings. The molecule has 0 radical (unpaired) electrons. The van der Waals surface area contributed by atoms with Crippen LogP contribution in [0.3, 0.4) is 0 Å². The highest BCUT2D eigenvalue weighted by Gasteiger charge is 2.19. The van der Waals surface area contributed by atoms with Crippen LogP contribution in [0.2, 0.25) is 0 Å². The van der Waals surface area contributed by atoms with Crippen LogP contribution >= 0.6 is 0 Å². The average Bonchev–Trinajstić information content (AvgIpc) is 3.21. The van der Waals surface area contributed by atoms with Gasteiger partial charge in [-0.05, 0) is 30.3 Å². The second-order valence-corrected chi connectivity index (χ2v) is 6.38. The number of nitrogens with zero attached hydrogens (tertiary/aromatic N) is 8. The van der Waals surface area contributed by atoms with Crippen LogP contribution < -0.4 is 14.5 Å². The van der Waals surface area contributed by atoms with Crippen molar-refractivity contribution < 1.29 is 4.74 Å². The zero-order chi connectivity index (χ0) is 18.2. The lowest BCUT2D eigenvalue weighted by molar-refractivity contribution is 0.402. The van der Waals surface area contributed by atoms with E-state index in [9.17, 15) is 0 Å². The largest absolute Gasteiger partial charge is 0.480 e. The maximum absolute atomic E-state index is 5.37. The van der Waals surface area contributed by atoms with E-state index < -0.39 is 0 Å². The number of methoxy groups -OCH3 is 1. The lowest BCUT2D eigenvalue weighted by Gasteiger charge is -2.36. The fraction of sp³-hybridized carbons (Fsp3) is 0.278. The van der Waals surface area contributed by atoms with Gasteiger partial charge < -0.3 is 14.5 Å². The molecule has 5 rings (SSSR count). The smallest absolute Gasteiger partial charge is 0.224 e. The van der Waals surface area contributed by atoms with E-state index in [4.69, 9.17) is 4.74 Å². The number of hydrogen-bond acceptors (Lipinski definition) is 8. The van der Waals surface area contributed by atoms with Crippen LogP contribution in [0.5, 0.6) is 5.88 Å². The molecule has 0 unspecified atom stereocenters. The lowest BCUT2D eigenvalue weighted by atomic mass is 10.2. The number of fused-ring (bicyclic) bond motifs is 2. The van der Waals surface area contributed by atoms with Gasteiger partial charge in [0.05, 0.1) is 18.0 Å². The predicted octanol–water partition coefficient (Wildman–Crippen LogP) is 1.40. The van der Waals surface area contributed by atoms with Crippen LogP contribution in [-0.4, -0.2) is 63.1 Å². The number of piperazine rings is 1. The molecule has 0 amide bonds. The molecule has 0 N–H and O–H groups in total. The van der Waals surface area contributed by atoms with Crippen molar-refractivity contribution in [3.63, 3.8) is 0 Å². The van der Waals surface area contributed by atoms with Gasteiger partial charge >= 0.3 is 0 Å². The zero-order valence-electron chi connectivity index (χ0n) is 14.9. The number of aromatic nitrogens is 6. The summed E-state index contributed by atoms with van der Waals surface area (Å²) >= 11 is 0. The summed E-state index contributed by atoms with van der Waals surface area (Å²) in [6.07, 6.45) is 3.15. The Bertz CT molecular complexity index is 1100. The van der Waals surface area contributed by atoms with Crippen molar-refractivity contribution in [2.24, 2.45) is 0 Å². The summed E-state index contributed by atoms with van der Waals surface area (Å²) < 4.78 is 7.08. The Morgan fingerprint density at radius 1 is 0.963 bits per heavy atom. The minimum atomic E-state index is 0.604. The molecule has 9 nitrogen and oxygen atoms in total. The van der Waals surface area contributed by atoms with Gasteiger partial charge in [-0.15, -0.1) is 15.3 Å². The van der Waals surface area contributed by atoms with Crippen LogP contribution in [0.1, 0.15) is 0 Å². The van der Waals surface area contributed by atoms with Crippen molar-refractivity contribution in [1.82, 2.24) is 29.8 Å². The molecule has 4 heterocycles. The first kappa shape index (κ1) is 15.7. The first-order valence-corrected chi connectivity index (χ1v) is 8.77. The fourth-order valence-electron chi connectivity index (χ4n) is 3.46. The van der Waals surface area contributed by atoms with Gasteiger partial charge in [0.2, 0.25) is 5.88 Å². The van der Waals surface area contributed by atoms with Crippen LogP contribution in [0.15, 0.2) is 43.0 Å². The lowest BCUT2D eigenvalue weighted by Crippen LogP contribution is -2.47. The van der Waals surface area contributed by atoms with Gasteiger partial charge in [-0.1, -0.05) is 0 Å². The second-order valence-electron chi connectivity index (χ2n) is 6.38. The number of benzene rings is 1. The Morgan fingerprint density at radius 3 is 2.67 bits per heavy atom. The molecule has 1 aliphatic heterocycles. The molecule has 1 aromatic carbocycles. The Kier molecular flexibility index (Phi) is 3.70. The Hall–Kier alpha value is -3.49. The molecule has 0 spiro atoms. The van der Waals surface area contributed by atoms with Gasteiger partial charge in [0, 0.05) is 31.9 Å². The Labute approximate surface area is 155 Å². The molecule has 0 bridgehead atoms. The normalized spacial score (nSPS) is 14.9. The predicted molar refractivity (Wildman–Crippen MR) is 101 cm³/mol. The van der Waals surface area contributed by atoms with Crippen LogP contribution in [0.25, 0.3) is 16.6 Å². The molecule has 0 saturated carbocycles. The van der Waals surface area contributed by atoms with Gasteiger partial charge in [-0.2, -0.15) is 4.52 Å².